The maximum absolute atomic E-state index is 5.89. The summed E-state index contributed by atoms with van der Waals surface area (Å²) in [5, 5.41) is 3.26. The van der Waals surface area contributed by atoms with E-state index in [1.165, 1.54) is 0 Å². The van der Waals surface area contributed by atoms with Crippen LogP contribution in [0.1, 0.15) is 17.8 Å². The number of nitrogens with two attached hydrogens (primary N) is 1. The molecule has 5 heteroatoms. The molecule has 2 aromatic heterocycles. The largest absolute Gasteiger partial charge is 0.396 e. The van der Waals surface area contributed by atoms with Gasteiger partial charge in [0.2, 0.25) is 0 Å². The lowest BCUT2D eigenvalue weighted by atomic mass is 10.2. The number of hydrogen-bond donors (Lipinski definition) is 2. The summed E-state index contributed by atoms with van der Waals surface area (Å²) < 4.78 is 0.789. The number of thiophene rings is 1. The Hall–Kier alpha value is -1.26. The molecule has 0 aliphatic heterocycles. The third kappa shape index (κ3) is 2.46. The van der Waals surface area contributed by atoms with Crippen LogP contribution < -0.4 is 11.1 Å². The Morgan fingerprint density at radius 3 is 2.88 bits per heavy atom. The van der Waals surface area contributed by atoms with Crippen molar-refractivity contribution in [3.05, 3.63) is 39.7 Å². The van der Waals surface area contributed by atoms with Crippen LogP contribution in [-0.4, -0.2) is 4.98 Å². The molecule has 3 N–H and O–H groups in total. The highest BCUT2D eigenvalue weighted by Gasteiger charge is 2.09. The minimum atomic E-state index is 0.148. The van der Waals surface area contributed by atoms with Crippen molar-refractivity contribution in [2.75, 3.05) is 11.1 Å². The van der Waals surface area contributed by atoms with Crippen LogP contribution in [0.2, 0.25) is 4.34 Å². The molecule has 3 nitrogen and oxygen atoms in total. The van der Waals surface area contributed by atoms with Crippen molar-refractivity contribution in [1.82, 2.24) is 4.98 Å². The molecule has 1 unspecified atom stereocenters. The molecule has 0 aromatic carbocycles. The van der Waals surface area contributed by atoms with Crippen molar-refractivity contribution in [1.29, 1.82) is 0 Å². The number of nitrogens with one attached hydrogen (secondary N) is 1. The van der Waals surface area contributed by atoms with Gasteiger partial charge in [0.15, 0.2) is 0 Å². The maximum atomic E-state index is 5.89. The van der Waals surface area contributed by atoms with Crippen LogP contribution in [0.4, 0.5) is 11.5 Å². The molecule has 0 radical (unpaired) electrons. The van der Waals surface area contributed by atoms with Crippen LogP contribution in [0.25, 0.3) is 0 Å². The molecule has 1 atom stereocenters. The van der Waals surface area contributed by atoms with E-state index in [2.05, 4.69) is 17.2 Å². The van der Waals surface area contributed by atoms with E-state index in [1.807, 2.05) is 24.3 Å². The quantitative estimate of drug-likeness (QED) is 0.880. The van der Waals surface area contributed by atoms with Crippen molar-refractivity contribution in [2.45, 2.75) is 13.0 Å². The van der Waals surface area contributed by atoms with E-state index < -0.39 is 0 Å². The monoisotopic (exact) mass is 253 g/mol. The fraction of sp³-hybridized carbons (Fsp3) is 0.182. The highest BCUT2D eigenvalue weighted by molar-refractivity contribution is 7.16. The topological polar surface area (TPSA) is 50.9 Å². The summed E-state index contributed by atoms with van der Waals surface area (Å²) in [5.74, 6) is 0.708. The second-order valence-corrected chi connectivity index (χ2v) is 5.20. The molecule has 0 aliphatic carbocycles. The smallest absolute Gasteiger partial charge is 0.149 e. The molecule has 0 spiro atoms. The zero-order valence-corrected chi connectivity index (χ0v) is 10.3. The number of anilines is 2. The molecule has 0 saturated heterocycles. The Kier molecular flexibility index (Phi) is 3.31. The number of nitrogen functional groups attached to an aromatic ring is 1. The van der Waals surface area contributed by atoms with Crippen molar-refractivity contribution in [3.63, 3.8) is 0 Å². The molecule has 84 valence electrons. The Morgan fingerprint density at radius 1 is 1.44 bits per heavy atom. The summed E-state index contributed by atoms with van der Waals surface area (Å²) >= 11 is 7.44. The normalized spacial score (nSPS) is 12.4. The highest BCUT2D eigenvalue weighted by Crippen LogP contribution is 2.29. The molecule has 2 rings (SSSR count). The zero-order valence-electron chi connectivity index (χ0n) is 8.77. The first-order chi connectivity index (χ1) is 7.66. The first-order valence-corrected chi connectivity index (χ1v) is 6.08. The van der Waals surface area contributed by atoms with Crippen LogP contribution in [0.15, 0.2) is 30.5 Å². The third-order valence-electron chi connectivity index (χ3n) is 2.21. The van der Waals surface area contributed by atoms with E-state index >= 15 is 0 Å². The van der Waals surface area contributed by atoms with Gasteiger partial charge in [-0.15, -0.1) is 11.3 Å². The molecule has 2 aromatic rings. The number of pyridine rings is 1. The number of aromatic nitrogens is 1. The minimum absolute atomic E-state index is 0.148. The summed E-state index contributed by atoms with van der Waals surface area (Å²) in [6.07, 6.45) is 1.72. The van der Waals surface area contributed by atoms with Crippen molar-refractivity contribution in [3.8, 4) is 0 Å². The average molecular weight is 254 g/mol. The van der Waals surface area contributed by atoms with Gasteiger partial charge in [0.1, 0.15) is 5.82 Å². The lowest BCUT2D eigenvalue weighted by Crippen LogP contribution is -2.08. The molecule has 16 heavy (non-hydrogen) atoms. The first-order valence-electron chi connectivity index (χ1n) is 4.89. The zero-order chi connectivity index (χ0) is 11.5. The van der Waals surface area contributed by atoms with Crippen molar-refractivity contribution >= 4 is 34.4 Å². The van der Waals surface area contributed by atoms with Gasteiger partial charge in [-0.1, -0.05) is 11.6 Å². The van der Waals surface area contributed by atoms with E-state index in [4.69, 9.17) is 17.3 Å². The predicted octanol–water partition coefficient (Wildman–Crippen LogP) is 3.55. The average Bonchev–Trinajstić information content (AvgIpc) is 2.68. The summed E-state index contributed by atoms with van der Waals surface area (Å²) in [6.45, 7) is 2.05. The second-order valence-electron chi connectivity index (χ2n) is 3.45. The van der Waals surface area contributed by atoms with E-state index in [1.54, 1.807) is 17.5 Å². The van der Waals surface area contributed by atoms with Gasteiger partial charge in [-0.05, 0) is 31.2 Å². The minimum Gasteiger partial charge on any atom is -0.396 e. The van der Waals surface area contributed by atoms with E-state index in [-0.39, 0.29) is 6.04 Å². The highest BCUT2D eigenvalue weighted by atomic mass is 35.5. The Bertz CT molecular complexity index is 484. The van der Waals surface area contributed by atoms with Gasteiger partial charge in [0, 0.05) is 11.1 Å². The Morgan fingerprint density at radius 2 is 2.25 bits per heavy atom. The first kappa shape index (κ1) is 11.2. The fourth-order valence-corrected chi connectivity index (χ4v) is 2.44. The number of rotatable bonds is 3. The number of halogens is 1. The summed E-state index contributed by atoms with van der Waals surface area (Å²) in [7, 11) is 0. The molecule has 0 fully saturated rings. The fourth-order valence-electron chi connectivity index (χ4n) is 1.38. The molecular formula is C11H12ClN3S. The Labute approximate surface area is 103 Å². The molecular weight excluding hydrogens is 242 g/mol. The molecule has 0 aliphatic rings. The van der Waals surface area contributed by atoms with Crippen LogP contribution in [0.3, 0.4) is 0 Å². The molecule has 2 heterocycles. The van der Waals surface area contributed by atoms with E-state index in [0.29, 0.717) is 11.5 Å². The lowest BCUT2D eigenvalue weighted by Gasteiger charge is -2.13. The van der Waals surface area contributed by atoms with Crippen LogP contribution in [-0.2, 0) is 0 Å². The van der Waals surface area contributed by atoms with Crippen molar-refractivity contribution in [2.24, 2.45) is 0 Å². The third-order valence-corrected chi connectivity index (χ3v) is 3.63. The van der Waals surface area contributed by atoms with Gasteiger partial charge < -0.3 is 11.1 Å². The SMILES string of the molecule is CC(Nc1ncccc1N)c1ccc(Cl)s1. The summed E-state index contributed by atoms with van der Waals surface area (Å²) in [5.41, 5.74) is 6.45. The second kappa shape index (κ2) is 4.72. The molecule has 0 bridgehead atoms. The van der Waals surface area contributed by atoms with Gasteiger partial charge in [0.05, 0.1) is 16.1 Å². The lowest BCUT2D eigenvalue weighted by molar-refractivity contribution is 0.897. The van der Waals surface area contributed by atoms with Crippen LogP contribution in [0.5, 0.6) is 0 Å². The standard InChI is InChI=1S/C11H12ClN3S/c1-7(9-4-5-10(12)16-9)15-11-8(13)3-2-6-14-11/h2-7H,13H2,1H3,(H,14,15). The Balaban J connectivity index is 2.13. The van der Waals surface area contributed by atoms with Crippen molar-refractivity contribution < 1.29 is 0 Å². The van der Waals surface area contributed by atoms with Gasteiger partial charge in [-0.2, -0.15) is 0 Å². The summed E-state index contributed by atoms with van der Waals surface area (Å²) in [6, 6.07) is 7.68. The predicted molar refractivity (Wildman–Crippen MR) is 70.0 cm³/mol. The number of nitrogens with zero attached hydrogens (tertiary/aromatic N) is 1. The van der Waals surface area contributed by atoms with E-state index in [9.17, 15) is 0 Å². The molecule has 0 saturated carbocycles. The number of hydrogen-bond acceptors (Lipinski definition) is 4. The van der Waals surface area contributed by atoms with Crippen LogP contribution in [0, 0.1) is 0 Å². The maximum Gasteiger partial charge on any atom is 0.149 e. The molecule has 0 amide bonds. The van der Waals surface area contributed by atoms with Gasteiger partial charge >= 0.3 is 0 Å². The van der Waals surface area contributed by atoms with Gasteiger partial charge in [0.25, 0.3) is 0 Å². The van der Waals surface area contributed by atoms with Gasteiger partial charge in [-0.3, -0.25) is 0 Å². The summed E-state index contributed by atoms with van der Waals surface area (Å²) in [4.78, 5) is 5.35. The van der Waals surface area contributed by atoms with E-state index in [0.717, 1.165) is 9.21 Å². The van der Waals surface area contributed by atoms with Gasteiger partial charge in [-0.25, -0.2) is 4.98 Å². The van der Waals surface area contributed by atoms with Crippen LogP contribution >= 0.6 is 22.9 Å².